The number of hydrogen-bond donors (Lipinski definition) is 0. The first-order valence-electron chi connectivity index (χ1n) is 14.6. The second-order valence-corrected chi connectivity index (χ2v) is 13.4. The minimum atomic E-state index is -4.51. The molecule has 6 bridgehead atoms. The van der Waals surface area contributed by atoms with Gasteiger partial charge in [-0.25, -0.2) is 60.1 Å². The van der Waals surface area contributed by atoms with E-state index in [1.165, 1.54) is 6.08 Å². The van der Waals surface area contributed by atoms with Crippen LogP contribution in [0.2, 0.25) is 0 Å². The molecule has 50 heavy (non-hydrogen) atoms. The molecule has 6 aromatic rings. The molecule has 4 aromatic carbocycles. The average molecular weight is 701 g/mol. The fraction of sp³-hybridized carbons (Fsp3) is 0. The van der Waals surface area contributed by atoms with E-state index >= 15 is 3.52 Å². The van der Waals surface area contributed by atoms with Gasteiger partial charge in [-0.3, -0.25) is 0 Å². The monoisotopic (exact) mass is 701 g/mol. The Labute approximate surface area is 276 Å². The van der Waals surface area contributed by atoms with Crippen molar-refractivity contribution in [2.24, 2.45) is 25.0 Å². The van der Waals surface area contributed by atoms with Crippen LogP contribution >= 0.6 is 0 Å². The van der Waals surface area contributed by atoms with Crippen LogP contribution in [0.25, 0.3) is 27.6 Å². The zero-order chi connectivity index (χ0) is 34.5. The Kier molecular flexibility index (Phi) is 5.64. The Morgan fingerprint density at radius 1 is 0.420 bits per heavy atom. The first-order valence-corrected chi connectivity index (χ1v) is 16.0. The van der Waals surface area contributed by atoms with Crippen molar-refractivity contribution in [3.05, 3.63) is 128 Å². The van der Waals surface area contributed by atoms with Gasteiger partial charge in [-0.2, -0.15) is 0 Å². The van der Waals surface area contributed by atoms with Gasteiger partial charge in [0.25, 0.3) is 0 Å². The maximum Gasteiger partial charge on any atom is 0.851 e. The number of fused-ring (bicyclic) bond motifs is 14. The first-order chi connectivity index (χ1) is 24.0. The molecular formula is C33H9AlF9N7. The van der Waals surface area contributed by atoms with Gasteiger partial charge in [0.1, 0.15) is 17.1 Å². The predicted octanol–water partition coefficient (Wildman–Crippen LogP) is 6.21. The molecule has 0 fully saturated rings. The molecule has 4 aliphatic heterocycles. The second-order valence-electron chi connectivity index (χ2n) is 11.7. The summed E-state index contributed by atoms with van der Waals surface area (Å²) in [5.74, 6) is -12.1. The highest BCUT2D eigenvalue weighted by molar-refractivity contribution is 6.51. The van der Waals surface area contributed by atoms with Gasteiger partial charge in [0.2, 0.25) is 0 Å². The van der Waals surface area contributed by atoms with E-state index in [0.717, 1.165) is 55.6 Å². The summed E-state index contributed by atoms with van der Waals surface area (Å²) in [6, 6.07) is 6.25. The first kappa shape index (κ1) is 29.2. The Hall–Kier alpha value is -5.79. The fourth-order valence-corrected chi connectivity index (χ4v) is 8.60. The van der Waals surface area contributed by atoms with Gasteiger partial charge in [-0.15, -0.1) is 0 Å². The lowest BCUT2D eigenvalue weighted by Gasteiger charge is -2.13. The average Bonchev–Trinajstić information content (AvgIpc) is 3.74. The third-order valence-electron chi connectivity index (χ3n) is 8.96. The van der Waals surface area contributed by atoms with Gasteiger partial charge in [0.15, 0.2) is 64.0 Å². The molecule has 0 atom stereocenters. The molecule has 2 aromatic heterocycles. The number of amidine groups is 3. The highest BCUT2D eigenvalue weighted by atomic mass is 27.3. The maximum absolute atomic E-state index is 17.9. The lowest BCUT2D eigenvalue weighted by atomic mass is 10.0. The molecule has 6 heterocycles. The number of hydrogen-bond acceptors (Lipinski definition) is 5. The summed E-state index contributed by atoms with van der Waals surface area (Å²) >= 11 is -4.51. The summed E-state index contributed by atoms with van der Waals surface area (Å²) in [7, 11) is 0. The standard InChI is InChI=1S/C33H9F8N7.Al.FH/c34-18-1-10-12(3-20(18)36)28-42-26(10)9-27-11-2-19(35)21(37)4-13(11)29(43-27)45-31-15-6-23(39)25(41)8-17(15)33(47-31)48-32-16-7-24(40)22(38)5-14(16)30(44-28)46-32;;/h1-9H;;1H/q-2;+3;/p-1. The summed E-state index contributed by atoms with van der Waals surface area (Å²) in [6.07, 6.45) is 1.24. The van der Waals surface area contributed by atoms with Gasteiger partial charge in [0.05, 0.1) is 5.71 Å². The molecule has 7 nitrogen and oxygen atoms in total. The maximum atomic E-state index is 17.9. The van der Waals surface area contributed by atoms with Crippen LogP contribution in [0, 0.1) is 46.5 Å². The van der Waals surface area contributed by atoms with Gasteiger partial charge < -0.3 is 10.6 Å². The minimum Gasteiger partial charge on any atom is -0.371 e. The summed E-state index contributed by atoms with van der Waals surface area (Å²) in [5.41, 5.74) is -0.647. The van der Waals surface area contributed by atoms with Crippen molar-refractivity contribution in [3.63, 3.8) is 0 Å². The molecule has 4 aliphatic rings. The third-order valence-corrected chi connectivity index (χ3v) is 10.8. The molecule has 10 rings (SSSR count). The van der Waals surface area contributed by atoms with Gasteiger partial charge >= 0.3 is 15.0 Å². The van der Waals surface area contributed by atoms with Crippen LogP contribution in [-0.4, -0.2) is 45.4 Å². The van der Waals surface area contributed by atoms with Crippen LogP contribution in [0.15, 0.2) is 73.5 Å². The number of rotatable bonds is 0. The fourth-order valence-electron chi connectivity index (χ4n) is 6.73. The van der Waals surface area contributed by atoms with E-state index in [2.05, 4.69) is 25.0 Å². The van der Waals surface area contributed by atoms with Crippen molar-refractivity contribution >= 4 is 77.5 Å². The number of aliphatic imine (C=N–C) groups is 4. The predicted molar refractivity (Wildman–Crippen MR) is 165 cm³/mol. The molecule has 0 radical (unpaired) electrons. The number of aromatic nitrogens is 2. The molecule has 0 spiro atoms. The highest BCUT2D eigenvalue weighted by Crippen LogP contribution is 2.42. The number of halogens is 9. The van der Waals surface area contributed by atoms with Crippen molar-refractivity contribution in [2.75, 3.05) is 0 Å². The SMILES string of the molecule is Fc1cc2c(cc1F)C1=Nc3c4cc(F)c(F)cc4c4[n]3[Al]([F])[n]3c(c5cc(F)c(F)cc5c3=NC3=NC(=N4)c4cc(F)c(F)cc43)=CC2=N1. The lowest BCUT2D eigenvalue weighted by molar-refractivity contribution is 0.508. The molecule has 0 saturated carbocycles. The van der Waals surface area contributed by atoms with Crippen molar-refractivity contribution < 1.29 is 38.6 Å². The zero-order valence-electron chi connectivity index (χ0n) is 24.3. The van der Waals surface area contributed by atoms with E-state index in [4.69, 9.17) is 0 Å². The zero-order valence-corrected chi connectivity index (χ0v) is 25.5. The largest absolute Gasteiger partial charge is 0.851 e. The second kappa shape index (κ2) is 9.67. The summed E-state index contributed by atoms with van der Waals surface area (Å²) < 4.78 is 138. The minimum absolute atomic E-state index is 0.00266. The summed E-state index contributed by atoms with van der Waals surface area (Å²) in [5, 5.41) is -0.787. The Balaban J connectivity index is 1.49. The van der Waals surface area contributed by atoms with E-state index < -0.39 is 61.6 Å². The van der Waals surface area contributed by atoms with E-state index in [-0.39, 0.29) is 89.5 Å². The smallest absolute Gasteiger partial charge is 0.371 e. The Bertz CT molecular complexity index is 2750. The number of benzene rings is 4. The Morgan fingerprint density at radius 3 is 1.40 bits per heavy atom. The molecule has 0 aliphatic carbocycles. The molecule has 0 saturated heterocycles. The lowest BCUT2D eigenvalue weighted by Crippen LogP contribution is -2.43. The van der Waals surface area contributed by atoms with E-state index in [1.807, 2.05) is 0 Å². The van der Waals surface area contributed by atoms with Crippen LogP contribution < -0.4 is 10.8 Å². The number of nitrogens with zero attached hydrogens (tertiary/aromatic N) is 7. The molecule has 242 valence electrons. The van der Waals surface area contributed by atoms with Crippen LogP contribution in [-0.2, 0) is 0 Å². The Morgan fingerprint density at radius 2 is 0.840 bits per heavy atom. The van der Waals surface area contributed by atoms with Crippen LogP contribution in [0.1, 0.15) is 22.3 Å². The highest BCUT2D eigenvalue weighted by Gasteiger charge is 2.41. The van der Waals surface area contributed by atoms with E-state index in [1.54, 1.807) is 0 Å². The molecule has 0 N–H and O–H groups in total. The van der Waals surface area contributed by atoms with Gasteiger partial charge in [-0.05, 0) is 54.6 Å². The van der Waals surface area contributed by atoms with Crippen LogP contribution in [0.5, 0.6) is 0 Å². The normalized spacial score (nSPS) is 15.3. The third kappa shape index (κ3) is 3.75. The molecule has 17 heteroatoms. The molecule has 0 amide bonds. The van der Waals surface area contributed by atoms with E-state index in [9.17, 15) is 35.1 Å². The van der Waals surface area contributed by atoms with Crippen molar-refractivity contribution in [3.8, 4) is 0 Å². The van der Waals surface area contributed by atoms with Crippen molar-refractivity contribution in [2.45, 2.75) is 0 Å². The molecule has 0 unspecified atom stereocenters. The summed E-state index contributed by atoms with van der Waals surface area (Å²) in [4.78, 5) is 22.3. The molecular weight excluding hydrogens is 692 g/mol. The van der Waals surface area contributed by atoms with Crippen LogP contribution in [0.4, 0.5) is 50.3 Å². The summed E-state index contributed by atoms with van der Waals surface area (Å²) in [6.45, 7) is 0. The quantitative estimate of drug-likeness (QED) is 0.134. The van der Waals surface area contributed by atoms with Gasteiger partial charge in [0, 0.05) is 49.1 Å². The van der Waals surface area contributed by atoms with Gasteiger partial charge in [-0.1, -0.05) is 0 Å². The topological polar surface area (TPSA) is 71.7 Å². The van der Waals surface area contributed by atoms with Crippen LogP contribution in [0.3, 0.4) is 0 Å². The van der Waals surface area contributed by atoms with E-state index in [0.29, 0.717) is 0 Å². The van der Waals surface area contributed by atoms with Crippen molar-refractivity contribution in [1.82, 2.24) is 7.10 Å². The van der Waals surface area contributed by atoms with Crippen molar-refractivity contribution in [1.29, 1.82) is 0 Å².